The van der Waals surface area contributed by atoms with Crippen LogP contribution in [-0.4, -0.2) is 59.0 Å². The number of aliphatic hydroxyl groups excluding tert-OH is 1. The van der Waals surface area contributed by atoms with Gasteiger partial charge in [0.25, 0.3) is 5.91 Å². The molecule has 0 aromatic heterocycles. The second-order valence-electron chi connectivity index (χ2n) is 9.81. The minimum atomic E-state index is -0.952. The van der Waals surface area contributed by atoms with Crippen molar-refractivity contribution in [3.63, 3.8) is 0 Å². The summed E-state index contributed by atoms with van der Waals surface area (Å²) in [7, 11) is 0. The van der Waals surface area contributed by atoms with E-state index in [1.54, 1.807) is 37.8 Å². The summed E-state index contributed by atoms with van der Waals surface area (Å²) < 4.78 is 24.6. The summed E-state index contributed by atoms with van der Waals surface area (Å²) in [5, 5.41) is 13.0. The van der Waals surface area contributed by atoms with Crippen LogP contribution in [0, 0.1) is 5.82 Å². The Balaban J connectivity index is 1.55. The van der Waals surface area contributed by atoms with Crippen LogP contribution in [0.15, 0.2) is 48.5 Å². The lowest BCUT2D eigenvalue weighted by Gasteiger charge is -2.41. The van der Waals surface area contributed by atoms with Crippen molar-refractivity contribution in [2.75, 3.05) is 13.2 Å². The number of benzene rings is 2. The Morgan fingerprint density at radius 2 is 1.85 bits per heavy atom. The number of ether oxygens (including phenoxy) is 2. The number of amides is 2. The number of halogens is 1. The molecule has 2 N–H and O–H groups in total. The Bertz CT molecular complexity index is 1040. The number of nitrogens with one attached hydrogen (secondary N) is 1. The number of aliphatic hydroxyl groups is 1. The van der Waals surface area contributed by atoms with Gasteiger partial charge in [0, 0.05) is 13.0 Å². The molecule has 2 amide bonds. The standard InChI is InChI=1S/C26H31FN2O5/c1-26(2,3)34-25(32)28-20-14-22(33-15-21(20)30)24(31)29-13-12-16-6-4-5-7-19(16)23(29)17-8-10-18(27)11-9-17/h4-11,20-23,30H,12-15H2,1-3H3,(H,28,32)/t20-,21-,22+,23-/m0/s1. The molecule has 34 heavy (non-hydrogen) atoms. The normalized spacial score (nSPS) is 24.8. The predicted molar refractivity (Wildman–Crippen MR) is 124 cm³/mol. The van der Waals surface area contributed by atoms with Gasteiger partial charge in [-0.1, -0.05) is 36.4 Å². The molecule has 0 unspecified atom stereocenters. The van der Waals surface area contributed by atoms with Gasteiger partial charge in [0.15, 0.2) is 0 Å². The first kappa shape index (κ1) is 24.2. The maximum absolute atomic E-state index is 13.7. The first-order valence-electron chi connectivity index (χ1n) is 11.6. The summed E-state index contributed by atoms with van der Waals surface area (Å²) in [6.07, 6.45) is -1.63. The molecular formula is C26H31FN2O5. The van der Waals surface area contributed by atoms with Crippen molar-refractivity contribution in [2.24, 2.45) is 0 Å². The summed E-state index contributed by atoms with van der Waals surface area (Å²) >= 11 is 0. The average Bonchev–Trinajstić information content (AvgIpc) is 2.79. The average molecular weight is 471 g/mol. The minimum Gasteiger partial charge on any atom is -0.444 e. The van der Waals surface area contributed by atoms with Crippen LogP contribution in [0.5, 0.6) is 0 Å². The van der Waals surface area contributed by atoms with Crippen LogP contribution in [0.25, 0.3) is 0 Å². The maximum atomic E-state index is 13.7. The lowest BCUT2D eigenvalue weighted by atomic mass is 9.87. The molecule has 0 saturated carbocycles. The molecule has 0 radical (unpaired) electrons. The lowest BCUT2D eigenvalue weighted by molar-refractivity contribution is -0.155. The Morgan fingerprint density at radius 3 is 2.56 bits per heavy atom. The molecule has 7 nitrogen and oxygen atoms in total. The largest absolute Gasteiger partial charge is 0.444 e. The molecule has 0 spiro atoms. The molecule has 0 bridgehead atoms. The van der Waals surface area contributed by atoms with Crippen molar-refractivity contribution >= 4 is 12.0 Å². The smallest absolute Gasteiger partial charge is 0.407 e. The van der Waals surface area contributed by atoms with Crippen molar-refractivity contribution in [3.05, 3.63) is 71.0 Å². The fourth-order valence-corrected chi connectivity index (χ4v) is 4.57. The number of carbonyl (C=O) groups excluding carboxylic acids is 2. The molecule has 2 aliphatic rings. The van der Waals surface area contributed by atoms with Crippen molar-refractivity contribution in [1.29, 1.82) is 0 Å². The van der Waals surface area contributed by atoms with E-state index in [1.807, 2.05) is 24.3 Å². The molecule has 2 aliphatic heterocycles. The van der Waals surface area contributed by atoms with Gasteiger partial charge in [-0.3, -0.25) is 4.79 Å². The van der Waals surface area contributed by atoms with Crippen LogP contribution >= 0.6 is 0 Å². The van der Waals surface area contributed by atoms with E-state index in [1.165, 1.54) is 12.1 Å². The van der Waals surface area contributed by atoms with Crippen LogP contribution in [0.3, 0.4) is 0 Å². The minimum absolute atomic E-state index is 0.0808. The van der Waals surface area contributed by atoms with E-state index in [0.717, 1.165) is 16.7 Å². The van der Waals surface area contributed by atoms with Crippen LogP contribution in [0.4, 0.5) is 9.18 Å². The molecular weight excluding hydrogens is 439 g/mol. The number of fused-ring (bicyclic) bond motifs is 1. The highest BCUT2D eigenvalue weighted by Gasteiger charge is 2.40. The molecule has 1 saturated heterocycles. The monoisotopic (exact) mass is 470 g/mol. The molecule has 182 valence electrons. The number of nitrogens with zero attached hydrogens (tertiary/aromatic N) is 1. The van der Waals surface area contributed by atoms with Gasteiger partial charge in [0.1, 0.15) is 17.5 Å². The first-order chi connectivity index (χ1) is 16.1. The first-order valence-corrected chi connectivity index (χ1v) is 11.6. The topological polar surface area (TPSA) is 88.1 Å². The Kier molecular flexibility index (Phi) is 6.91. The second-order valence-corrected chi connectivity index (χ2v) is 9.81. The maximum Gasteiger partial charge on any atom is 0.407 e. The Labute approximate surface area is 198 Å². The molecule has 2 aromatic carbocycles. The summed E-state index contributed by atoms with van der Waals surface area (Å²) in [5.74, 6) is -0.571. The van der Waals surface area contributed by atoms with Crippen LogP contribution in [0.1, 0.15) is 49.9 Å². The zero-order valence-corrected chi connectivity index (χ0v) is 19.7. The van der Waals surface area contributed by atoms with E-state index in [0.29, 0.717) is 13.0 Å². The fraction of sp³-hybridized carbons (Fsp3) is 0.462. The predicted octanol–water partition coefficient (Wildman–Crippen LogP) is 3.34. The third-order valence-electron chi connectivity index (χ3n) is 6.13. The Hall–Kier alpha value is -2.97. The van der Waals surface area contributed by atoms with Gasteiger partial charge in [-0.25, -0.2) is 9.18 Å². The van der Waals surface area contributed by atoms with Gasteiger partial charge >= 0.3 is 6.09 Å². The lowest BCUT2D eigenvalue weighted by Crippen LogP contribution is -2.56. The fourth-order valence-electron chi connectivity index (χ4n) is 4.57. The SMILES string of the molecule is CC(C)(C)OC(=O)N[C@H]1C[C@H](C(=O)N2CCc3ccccc3[C@@H]2c2ccc(F)cc2)OC[C@@H]1O. The van der Waals surface area contributed by atoms with Crippen LogP contribution < -0.4 is 5.32 Å². The van der Waals surface area contributed by atoms with E-state index >= 15 is 0 Å². The van der Waals surface area contributed by atoms with Crippen molar-refractivity contribution < 1.29 is 28.6 Å². The summed E-state index contributed by atoms with van der Waals surface area (Å²) in [4.78, 5) is 27.7. The molecule has 4 atom stereocenters. The van der Waals surface area contributed by atoms with Crippen LogP contribution in [-0.2, 0) is 20.7 Å². The summed E-state index contributed by atoms with van der Waals surface area (Å²) in [6, 6.07) is 13.0. The third-order valence-corrected chi connectivity index (χ3v) is 6.13. The molecule has 2 aromatic rings. The number of carbonyl (C=O) groups is 2. The number of hydrogen-bond donors (Lipinski definition) is 2. The Morgan fingerprint density at radius 1 is 1.15 bits per heavy atom. The van der Waals surface area contributed by atoms with Crippen molar-refractivity contribution in [2.45, 2.75) is 63.5 Å². The highest BCUT2D eigenvalue weighted by molar-refractivity contribution is 5.82. The number of rotatable bonds is 3. The van der Waals surface area contributed by atoms with Crippen LogP contribution in [0.2, 0.25) is 0 Å². The van der Waals surface area contributed by atoms with Gasteiger partial charge in [0.2, 0.25) is 0 Å². The van der Waals surface area contributed by atoms with Gasteiger partial charge in [-0.2, -0.15) is 0 Å². The zero-order valence-electron chi connectivity index (χ0n) is 19.7. The van der Waals surface area contributed by atoms with Gasteiger partial charge < -0.3 is 24.8 Å². The highest BCUT2D eigenvalue weighted by Crippen LogP contribution is 2.36. The van der Waals surface area contributed by atoms with Gasteiger partial charge in [-0.15, -0.1) is 0 Å². The quantitative estimate of drug-likeness (QED) is 0.719. The summed E-state index contributed by atoms with van der Waals surface area (Å²) in [6.45, 7) is 5.66. The van der Waals surface area contributed by atoms with E-state index in [2.05, 4.69) is 5.32 Å². The van der Waals surface area contributed by atoms with E-state index < -0.39 is 29.9 Å². The molecule has 2 heterocycles. The summed E-state index contributed by atoms with van der Waals surface area (Å²) in [5.41, 5.74) is 2.26. The van der Waals surface area contributed by atoms with Gasteiger partial charge in [0.05, 0.1) is 24.8 Å². The third kappa shape index (κ3) is 5.39. The van der Waals surface area contributed by atoms with Crippen molar-refractivity contribution in [1.82, 2.24) is 10.2 Å². The second kappa shape index (κ2) is 9.72. The van der Waals surface area contributed by atoms with Gasteiger partial charge in [-0.05, 0) is 56.0 Å². The zero-order chi connectivity index (χ0) is 24.5. The van der Waals surface area contributed by atoms with E-state index in [-0.39, 0.29) is 30.8 Å². The number of alkyl carbamates (subject to hydrolysis) is 1. The molecule has 4 rings (SSSR count). The van der Waals surface area contributed by atoms with E-state index in [4.69, 9.17) is 9.47 Å². The van der Waals surface area contributed by atoms with E-state index in [9.17, 15) is 19.1 Å². The number of hydrogen-bond acceptors (Lipinski definition) is 5. The van der Waals surface area contributed by atoms with Crippen molar-refractivity contribution in [3.8, 4) is 0 Å². The highest BCUT2D eigenvalue weighted by atomic mass is 19.1. The molecule has 8 heteroatoms. The molecule has 0 aliphatic carbocycles. The molecule has 1 fully saturated rings.